The van der Waals surface area contributed by atoms with E-state index in [0.717, 1.165) is 177 Å². The zero-order chi connectivity index (χ0) is 87.8. The molecule has 15 saturated heterocycles. The molecule has 15 heterocycles. The van der Waals surface area contributed by atoms with Gasteiger partial charge in [0.15, 0.2) is 0 Å². The molecule has 19 fully saturated rings. The van der Waals surface area contributed by atoms with Gasteiger partial charge >= 0.3 is 0 Å². The molecule has 0 aromatic carbocycles. The molecule has 15 aliphatic heterocycles. The number of rotatable bonds is 3. The molecule has 12 nitrogen and oxygen atoms in total. The summed E-state index contributed by atoms with van der Waals surface area (Å²) in [6, 6.07) is 6.11. The molecular formula is C107H205N9O3. The van der Waals surface area contributed by atoms with Gasteiger partial charge < -0.3 is 49.3 Å². The van der Waals surface area contributed by atoms with Crippen molar-refractivity contribution in [3.05, 3.63) is 0 Å². The van der Waals surface area contributed by atoms with Crippen molar-refractivity contribution in [1.82, 2.24) is 44.9 Å². The largest absolute Gasteiger partial charge is 0.381 e. The van der Waals surface area contributed by atoms with Gasteiger partial charge in [0.05, 0.1) is 39.1 Å². The fourth-order valence-corrected chi connectivity index (χ4v) is 29.1. The van der Waals surface area contributed by atoms with Crippen molar-refractivity contribution < 1.29 is 14.2 Å². The van der Waals surface area contributed by atoms with E-state index >= 15 is 0 Å². The van der Waals surface area contributed by atoms with Crippen LogP contribution in [0.4, 0.5) is 0 Å². The predicted molar refractivity (Wildman–Crippen MR) is 511 cm³/mol. The minimum atomic E-state index is 0.374. The number of hydrogen-bond acceptors (Lipinski definition) is 12. The van der Waals surface area contributed by atoms with E-state index in [2.05, 4.69) is 274 Å². The summed E-state index contributed by atoms with van der Waals surface area (Å²) in [6.45, 7) is 86.6. The van der Waals surface area contributed by atoms with Crippen molar-refractivity contribution in [3.8, 4) is 0 Å². The quantitative estimate of drug-likeness (QED) is 0.283. The number of likely N-dealkylation sites (tertiary alicyclic amines) is 5. The first-order valence-electron chi connectivity index (χ1n) is 51.2. The lowest BCUT2D eigenvalue weighted by molar-refractivity contribution is -0.118. The normalized spacial score (nSPS) is 38.2. The van der Waals surface area contributed by atoms with Crippen LogP contribution < -0.4 is 10.6 Å². The molecule has 4 saturated carbocycles. The molecule has 4 aliphatic carbocycles. The molecule has 12 heteroatoms. The lowest BCUT2D eigenvalue weighted by Gasteiger charge is -2.51. The fraction of sp³-hybridized carbons (Fsp3) is 1.00. The molecule has 0 radical (unpaired) electrons. The van der Waals surface area contributed by atoms with E-state index in [9.17, 15) is 0 Å². The van der Waals surface area contributed by atoms with Crippen LogP contribution in [0.3, 0.4) is 0 Å². The van der Waals surface area contributed by atoms with Crippen LogP contribution in [0.1, 0.15) is 348 Å². The highest BCUT2D eigenvalue weighted by molar-refractivity contribution is 5.10. The first-order chi connectivity index (χ1) is 55.0. The topological polar surface area (TPSA) is 74.4 Å². The van der Waals surface area contributed by atoms with Crippen molar-refractivity contribution in [2.45, 2.75) is 402 Å². The Morgan fingerprint density at radius 1 is 0.387 bits per heavy atom. The van der Waals surface area contributed by atoms with Crippen LogP contribution in [0, 0.1) is 137 Å². The van der Waals surface area contributed by atoms with Crippen LogP contribution in [0.5, 0.6) is 0 Å². The summed E-state index contributed by atoms with van der Waals surface area (Å²) in [5.41, 5.74) is 5.90. The third-order valence-electron chi connectivity index (χ3n) is 35.3. The van der Waals surface area contributed by atoms with Gasteiger partial charge in [0, 0.05) is 107 Å². The molecule has 0 aromatic heterocycles. The second kappa shape index (κ2) is 40.5. The molecular weight excluding hydrogens is 1460 g/mol. The minimum Gasteiger partial charge on any atom is -0.381 e. The number of nitrogens with zero attached hydrogens (tertiary/aromatic N) is 7. The zero-order valence-electron chi connectivity index (χ0n) is 85.5. The summed E-state index contributed by atoms with van der Waals surface area (Å²) >= 11 is 0. The first-order valence-corrected chi connectivity index (χ1v) is 51.2. The van der Waals surface area contributed by atoms with E-state index < -0.39 is 0 Å². The summed E-state index contributed by atoms with van der Waals surface area (Å²) in [5, 5.41) is 7.28. The van der Waals surface area contributed by atoms with Crippen molar-refractivity contribution in [3.63, 3.8) is 0 Å². The molecule has 696 valence electrons. The Bertz CT molecular complexity index is 2920. The molecule has 19 aliphatic rings. The van der Waals surface area contributed by atoms with Crippen LogP contribution in [-0.2, 0) is 14.2 Å². The standard InChI is InChI=1S/C14H28N2.C13H25N.C12H23NO.2C12H23N.C11H22N2.C11H21NO.C11H20O.C11H20/c1-13(2,3)9-12-10-14(11-15-12)5-7-16(4)8-6-14;1-13(2,3)9-10-7-11-5-6-12(8-10)14(11)4;1-12(2,3)11-9-5-13(4)6-10(11)8-14-7-9;1-12(2,3)11-5-9-7-13(4)8-10(9)6-11;1-12(2,3)9-7-10-5-6-11(8-9)13(10)4;1-5-12-7-10-6-9(12)8-13(10)11(2,3)4;1-11(2,3)10-8-4-12-5-9(10)7-13-6-8;1-11(2,3)10-6-9-5-4-8(10)7-12-9;1-10(2,3)9-8-11(9)6-4-5-7-11/h12,15H,5-11H2,1-4H3;10-12H,5-9H2,1-4H3;9-11H,5-8H2,1-4H3;2*9-11H,5-8H2,1-4H3;9-10H,5-8H2,1-4H3;8-10,12H,4-7H2,1-3H3;8-10H,4-7H2,1-3H3;9H,4-8H2,1-3H3. The highest BCUT2D eigenvalue weighted by Crippen LogP contribution is 2.68. The lowest BCUT2D eigenvalue weighted by Crippen LogP contribution is -2.54. The van der Waals surface area contributed by atoms with Crippen LogP contribution in [0.25, 0.3) is 0 Å². The Hall–Kier alpha value is -0.480. The molecule has 2 spiro atoms. The maximum atomic E-state index is 5.70. The number of fused-ring (bicyclic) bond motifs is 14. The fourth-order valence-electron chi connectivity index (χ4n) is 29.1. The molecule has 2 N–H and O–H groups in total. The van der Waals surface area contributed by atoms with Crippen molar-refractivity contribution in [1.29, 1.82) is 0 Å². The first kappa shape index (κ1) is 101. The minimum absolute atomic E-state index is 0.374. The Kier molecular flexibility index (Phi) is 34.2. The predicted octanol–water partition coefficient (Wildman–Crippen LogP) is 22.7. The van der Waals surface area contributed by atoms with E-state index in [0.29, 0.717) is 60.4 Å². The molecule has 17 unspecified atom stereocenters. The molecule has 0 aromatic rings. The van der Waals surface area contributed by atoms with Crippen LogP contribution >= 0.6 is 0 Å². The molecule has 12 bridgehead atoms. The number of piperidine rings is 5. The van der Waals surface area contributed by atoms with Gasteiger partial charge in [-0.3, -0.25) is 9.80 Å². The van der Waals surface area contributed by atoms with Gasteiger partial charge in [-0.15, -0.1) is 0 Å². The average Bonchev–Trinajstić information content (AvgIpc) is 1.57. The maximum Gasteiger partial charge on any atom is 0.0578 e. The van der Waals surface area contributed by atoms with Gasteiger partial charge in [-0.1, -0.05) is 186 Å². The molecule has 119 heavy (non-hydrogen) atoms. The third kappa shape index (κ3) is 28.0. The van der Waals surface area contributed by atoms with Gasteiger partial charge in [0.2, 0.25) is 0 Å². The number of piperazine rings is 1. The van der Waals surface area contributed by atoms with E-state index in [4.69, 9.17) is 14.2 Å². The second-order valence-electron chi connectivity index (χ2n) is 54.8. The van der Waals surface area contributed by atoms with Gasteiger partial charge in [0.1, 0.15) is 0 Å². The third-order valence-corrected chi connectivity index (χ3v) is 35.3. The monoisotopic (exact) mass is 1660 g/mol. The average molecular weight is 1670 g/mol. The van der Waals surface area contributed by atoms with Crippen LogP contribution in [0.15, 0.2) is 0 Å². The maximum absolute atomic E-state index is 5.70. The summed E-state index contributed by atoms with van der Waals surface area (Å²) in [5.74, 6) is 12.5. The Morgan fingerprint density at radius 2 is 0.849 bits per heavy atom. The highest BCUT2D eigenvalue weighted by Gasteiger charge is 2.59. The zero-order valence-corrected chi connectivity index (χ0v) is 85.5. The van der Waals surface area contributed by atoms with E-state index in [1.54, 1.807) is 0 Å². The van der Waals surface area contributed by atoms with Crippen molar-refractivity contribution >= 4 is 0 Å². The van der Waals surface area contributed by atoms with E-state index in [-0.39, 0.29) is 0 Å². The van der Waals surface area contributed by atoms with Gasteiger partial charge in [-0.05, 0) is 354 Å². The summed E-state index contributed by atoms with van der Waals surface area (Å²) in [4.78, 5) is 18.0. The van der Waals surface area contributed by atoms with Gasteiger partial charge in [-0.2, -0.15) is 0 Å². The number of likely N-dealkylation sites (N-methyl/N-ethyl adjacent to an activating group) is 1. The number of ether oxygens (including phenoxy) is 3. The number of nitrogens with one attached hydrogen (secondary N) is 2. The Labute approximate surface area is 740 Å². The SMILES string of the molecule is CC(C)(C)C1C2CNCC1COC2.CC(C)(C)C1CC12CCCC2.CC(C)(C)C1CC2CCC1CO2.CCN1CC2CC1CN2C(C)(C)C.CN1C2CCC1CC(C(C)(C)C)C2.CN1C2CCC1CC(CC(C)(C)C)C2.CN1CC2CC(C(C)(C)C)CC2C1.CN1CC2COCC(C1)C2C(C)(C)C.CN1CCC2(CC1)CNC(CC(C)(C)C)C2. The molecule has 19 rings (SSSR count). The Balaban J connectivity index is 0.000000141. The smallest absolute Gasteiger partial charge is 0.0578 e. The molecule has 17 atom stereocenters. The van der Waals surface area contributed by atoms with Crippen molar-refractivity contribution in [2.24, 2.45) is 137 Å². The van der Waals surface area contributed by atoms with Crippen LogP contribution in [-0.4, -0.2) is 235 Å². The van der Waals surface area contributed by atoms with Crippen molar-refractivity contribution in [2.75, 3.05) is 147 Å². The van der Waals surface area contributed by atoms with Gasteiger partial charge in [0.25, 0.3) is 0 Å². The second-order valence-corrected chi connectivity index (χ2v) is 54.8. The summed E-state index contributed by atoms with van der Waals surface area (Å²) in [7, 11) is 11.4. The number of hydrogen-bond donors (Lipinski definition) is 2. The Morgan fingerprint density at radius 3 is 1.22 bits per heavy atom. The van der Waals surface area contributed by atoms with Crippen LogP contribution in [0.2, 0.25) is 0 Å². The van der Waals surface area contributed by atoms with Gasteiger partial charge in [-0.25, -0.2) is 0 Å². The highest BCUT2D eigenvalue weighted by atomic mass is 16.5. The lowest BCUT2D eigenvalue weighted by atomic mass is 9.64. The summed E-state index contributed by atoms with van der Waals surface area (Å²) < 4.78 is 17.0. The van der Waals surface area contributed by atoms with E-state index in [1.807, 2.05) is 0 Å². The molecule has 0 amide bonds. The van der Waals surface area contributed by atoms with E-state index in [1.165, 1.54) is 220 Å². The summed E-state index contributed by atoms with van der Waals surface area (Å²) in [6.07, 6.45) is 35.2.